The maximum Gasteiger partial charge on any atom is 0.343 e. The Bertz CT molecular complexity index is 714. The first-order chi connectivity index (χ1) is 11.6. The van der Waals surface area contributed by atoms with Gasteiger partial charge >= 0.3 is 11.9 Å². The number of hydrogen-bond donors (Lipinski definition) is 0. The van der Waals surface area contributed by atoms with Gasteiger partial charge in [-0.15, -0.1) is 0 Å². The van der Waals surface area contributed by atoms with Crippen LogP contribution in [-0.2, 0) is 9.53 Å². The highest BCUT2D eigenvalue weighted by molar-refractivity contribution is 5.91. The molecule has 0 heterocycles. The molecule has 2 aromatic carbocycles. The SMILES string of the molecule is CCOC(=O)/C=C/c1ccc(C(=O)Oc2ccc(OC)cc2)cc1. The number of carbonyl (C=O) groups excluding carboxylic acids is 2. The van der Waals surface area contributed by atoms with Gasteiger partial charge in [-0.05, 0) is 55.0 Å². The first-order valence-electron chi connectivity index (χ1n) is 7.43. The van der Waals surface area contributed by atoms with Crippen molar-refractivity contribution in [1.82, 2.24) is 0 Å². The van der Waals surface area contributed by atoms with Crippen molar-refractivity contribution in [3.8, 4) is 11.5 Å². The highest BCUT2D eigenvalue weighted by Crippen LogP contribution is 2.18. The van der Waals surface area contributed by atoms with Gasteiger partial charge in [0.2, 0.25) is 0 Å². The van der Waals surface area contributed by atoms with Crippen LogP contribution in [0.2, 0.25) is 0 Å². The molecule has 2 aromatic rings. The predicted octanol–water partition coefficient (Wildman–Crippen LogP) is 3.49. The van der Waals surface area contributed by atoms with Crippen molar-refractivity contribution < 1.29 is 23.8 Å². The molecule has 0 bridgehead atoms. The molecular formula is C19H18O5. The zero-order valence-corrected chi connectivity index (χ0v) is 13.5. The third-order valence-electron chi connectivity index (χ3n) is 3.11. The van der Waals surface area contributed by atoms with Gasteiger partial charge in [0, 0.05) is 6.08 Å². The van der Waals surface area contributed by atoms with Crippen molar-refractivity contribution in [3.05, 3.63) is 65.7 Å². The van der Waals surface area contributed by atoms with E-state index in [4.69, 9.17) is 14.2 Å². The molecule has 0 aromatic heterocycles. The van der Waals surface area contributed by atoms with Gasteiger partial charge in [-0.1, -0.05) is 12.1 Å². The molecule has 124 valence electrons. The van der Waals surface area contributed by atoms with Crippen LogP contribution in [-0.4, -0.2) is 25.7 Å². The molecule has 0 amide bonds. The van der Waals surface area contributed by atoms with Crippen molar-refractivity contribution >= 4 is 18.0 Å². The molecule has 5 nitrogen and oxygen atoms in total. The van der Waals surface area contributed by atoms with E-state index in [1.165, 1.54) is 6.08 Å². The molecule has 0 aliphatic carbocycles. The van der Waals surface area contributed by atoms with Gasteiger partial charge in [0.05, 0.1) is 19.3 Å². The number of benzene rings is 2. The van der Waals surface area contributed by atoms with Gasteiger partial charge < -0.3 is 14.2 Å². The van der Waals surface area contributed by atoms with Crippen LogP contribution in [0.15, 0.2) is 54.6 Å². The minimum atomic E-state index is -0.457. The lowest BCUT2D eigenvalue weighted by molar-refractivity contribution is -0.137. The van der Waals surface area contributed by atoms with Crippen molar-refractivity contribution in [1.29, 1.82) is 0 Å². The number of hydrogen-bond acceptors (Lipinski definition) is 5. The smallest absolute Gasteiger partial charge is 0.343 e. The van der Waals surface area contributed by atoms with E-state index in [-0.39, 0.29) is 0 Å². The van der Waals surface area contributed by atoms with Crippen LogP contribution in [0.3, 0.4) is 0 Å². The minimum absolute atomic E-state index is 0.333. The van der Waals surface area contributed by atoms with Crippen LogP contribution in [0, 0.1) is 0 Å². The first-order valence-corrected chi connectivity index (χ1v) is 7.43. The molecule has 0 saturated heterocycles. The fourth-order valence-corrected chi connectivity index (χ4v) is 1.89. The van der Waals surface area contributed by atoms with E-state index < -0.39 is 11.9 Å². The summed E-state index contributed by atoms with van der Waals surface area (Å²) in [5, 5.41) is 0. The fourth-order valence-electron chi connectivity index (χ4n) is 1.89. The van der Waals surface area contributed by atoms with Crippen molar-refractivity contribution in [2.24, 2.45) is 0 Å². The summed E-state index contributed by atoms with van der Waals surface area (Å²) in [5.74, 6) is 0.265. The third-order valence-corrected chi connectivity index (χ3v) is 3.11. The molecule has 0 spiro atoms. The first kappa shape index (κ1) is 17.3. The maximum atomic E-state index is 12.1. The van der Waals surface area contributed by atoms with Crippen LogP contribution in [0.1, 0.15) is 22.8 Å². The molecule has 0 aliphatic rings. The predicted molar refractivity (Wildman–Crippen MR) is 90.1 cm³/mol. The molecule has 24 heavy (non-hydrogen) atoms. The molecular weight excluding hydrogens is 308 g/mol. The van der Waals surface area contributed by atoms with E-state index >= 15 is 0 Å². The molecule has 0 atom stereocenters. The zero-order valence-electron chi connectivity index (χ0n) is 13.5. The molecule has 0 saturated carbocycles. The zero-order chi connectivity index (χ0) is 17.4. The summed E-state index contributed by atoms with van der Waals surface area (Å²) in [6, 6.07) is 13.5. The van der Waals surface area contributed by atoms with Gasteiger partial charge in [0.15, 0.2) is 0 Å². The minimum Gasteiger partial charge on any atom is -0.497 e. The van der Waals surface area contributed by atoms with E-state index in [1.807, 2.05) is 0 Å². The topological polar surface area (TPSA) is 61.8 Å². The summed E-state index contributed by atoms with van der Waals surface area (Å²) >= 11 is 0. The van der Waals surface area contributed by atoms with Crippen LogP contribution < -0.4 is 9.47 Å². The summed E-state index contributed by atoms with van der Waals surface area (Å²) in [7, 11) is 1.57. The summed E-state index contributed by atoms with van der Waals surface area (Å²) < 4.78 is 15.1. The second-order valence-electron chi connectivity index (χ2n) is 4.77. The lowest BCUT2D eigenvalue weighted by Crippen LogP contribution is -2.08. The number of rotatable bonds is 6. The quantitative estimate of drug-likeness (QED) is 0.462. The highest BCUT2D eigenvalue weighted by Gasteiger charge is 2.08. The van der Waals surface area contributed by atoms with E-state index in [1.54, 1.807) is 68.6 Å². The molecule has 0 fully saturated rings. The van der Waals surface area contributed by atoms with Crippen LogP contribution >= 0.6 is 0 Å². The Hall–Kier alpha value is -3.08. The second-order valence-corrected chi connectivity index (χ2v) is 4.77. The monoisotopic (exact) mass is 326 g/mol. The van der Waals surface area contributed by atoms with Crippen molar-refractivity contribution in [3.63, 3.8) is 0 Å². The van der Waals surface area contributed by atoms with Gasteiger partial charge in [-0.25, -0.2) is 9.59 Å². The van der Waals surface area contributed by atoms with Crippen LogP contribution in [0.25, 0.3) is 6.08 Å². The average Bonchev–Trinajstić information content (AvgIpc) is 2.61. The lowest BCUT2D eigenvalue weighted by atomic mass is 10.1. The standard InChI is InChI=1S/C19H18O5/c1-3-23-18(20)13-6-14-4-7-15(8-5-14)19(21)24-17-11-9-16(22-2)10-12-17/h4-13H,3H2,1-2H3/b13-6+. The van der Waals surface area contributed by atoms with Gasteiger partial charge in [-0.3, -0.25) is 0 Å². The maximum absolute atomic E-state index is 12.1. The largest absolute Gasteiger partial charge is 0.497 e. The summed E-state index contributed by atoms with van der Waals surface area (Å²) in [4.78, 5) is 23.3. The van der Waals surface area contributed by atoms with Crippen molar-refractivity contribution in [2.45, 2.75) is 6.92 Å². The number of methoxy groups -OCH3 is 1. The van der Waals surface area contributed by atoms with Crippen LogP contribution in [0.5, 0.6) is 11.5 Å². The molecule has 2 rings (SSSR count). The Kier molecular flexibility index (Phi) is 6.14. The highest BCUT2D eigenvalue weighted by atomic mass is 16.5. The third kappa shape index (κ3) is 4.98. The molecule has 0 unspecified atom stereocenters. The van der Waals surface area contributed by atoms with Crippen molar-refractivity contribution in [2.75, 3.05) is 13.7 Å². The second kappa shape index (κ2) is 8.53. The van der Waals surface area contributed by atoms with Gasteiger partial charge in [-0.2, -0.15) is 0 Å². The van der Waals surface area contributed by atoms with Gasteiger partial charge in [0.25, 0.3) is 0 Å². The Balaban J connectivity index is 1.98. The normalized spacial score (nSPS) is 10.4. The Morgan fingerprint density at radius 1 is 0.958 bits per heavy atom. The van der Waals surface area contributed by atoms with E-state index in [2.05, 4.69) is 0 Å². The summed E-state index contributed by atoms with van der Waals surface area (Å²) in [6.45, 7) is 2.08. The number of ether oxygens (including phenoxy) is 3. The Labute approximate surface area is 140 Å². The molecule has 0 N–H and O–H groups in total. The average molecular weight is 326 g/mol. The molecule has 5 heteroatoms. The fraction of sp³-hybridized carbons (Fsp3) is 0.158. The number of carbonyl (C=O) groups is 2. The summed E-state index contributed by atoms with van der Waals surface area (Å²) in [6.07, 6.45) is 2.96. The molecule has 0 aliphatic heterocycles. The van der Waals surface area contributed by atoms with Crippen LogP contribution in [0.4, 0.5) is 0 Å². The Morgan fingerprint density at radius 3 is 2.17 bits per heavy atom. The molecule has 0 radical (unpaired) electrons. The Morgan fingerprint density at radius 2 is 1.58 bits per heavy atom. The van der Waals surface area contributed by atoms with E-state index in [0.29, 0.717) is 23.7 Å². The van der Waals surface area contributed by atoms with E-state index in [0.717, 1.165) is 5.56 Å². The lowest BCUT2D eigenvalue weighted by Gasteiger charge is -2.05. The number of esters is 2. The summed E-state index contributed by atoms with van der Waals surface area (Å²) in [5.41, 5.74) is 1.20. The van der Waals surface area contributed by atoms with Gasteiger partial charge in [0.1, 0.15) is 11.5 Å². The van der Waals surface area contributed by atoms with E-state index in [9.17, 15) is 9.59 Å².